The van der Waals surface area contributed by atoms with Crippen LogP contribution in [0.2, 0.25) is 0 Å². The molecule has 0 aliphatic rings. The summed E-state index contributed by atoms with van der Waals surface area (Å²) in [5.74, 6) is -3.04. The van der Waals surface area contributed by atoms with Crippen LogP contribution < -0.4 is 0 Å². The molecule has 12 heavy (non-hydrogen) atoms. The largest absolute Gasteiger partial charge is 0.481 e. The first-order chi connectivity index (χ1) is 5.45. The molecule has 0 bridgehead atoms. The van der Waals surface area contributed by atoms with Crippen LogP contribution in [0.25, 0.3) is 0 Å². The Morgan fingerprint density at radius 2 is 1.83 bits per heavy atom. The lowest BCUT2D eigenvalue weighted by Gasteiger charge is -2.09. The molecule has 0 amide bonds. The van der Waals surface area contributed by atoms with Crippen LogP contribution in [0.1, 0.15) is 12.8 Å². The predicted molar refractivity (Wildman–Crippen MR) is 32.3 cm³/mol. The third-order valence-electron chi connectivity index (χ3n) is 1.15. The van der Waals surface area contributed by atoms with Crippen LogP contribution in [-0.2, 0) is 9.59 Å². The number of hydrogen-bond acceptors (Lipinski definition) is 3. The second-order valence-electron chi connectivity index (χ2n) is 2.05. The standard InChI is InChI=1S/C5H7F2NO4/c6-8(7)3(5(11)12)1-2-4(9)10/h3H,1-2H2,(H,9,10)(H,11,12). The molecule has 0 aromatic carbocycles. The van der Waals surface area contributed by atoms with Gasteiger partial charge in [-0.3, -0.25) is 9.59 Å². The topological polar surface area (TPSA) is 77.8 Å². The van der Waals surface area contributed by atoms with E-state index >= 15 is 0 Å². The van der Waals surface area contributed by atoms with Gasteiger partial charge in [0.2, 0.25) is 0 Å². The fourth-order valence-corrected chi connectivity index (χ4v) is 0.565. The van der Waals surface area contributed by atoms with Crippen LogP contribution in [-0.4, -0.2) is 33.5 Å². The van der Waals surface area contributed by atoms with E-state index in [1.54, 1.807) is 0 Å². The van der Waals surface area contributed by atoms with Gasteiger partial charge in [0, 0.05) is 11.8 Å². The minimum atomic E-state index is -2.04. The molecule has 0 saturated carbocycles. The highest BCUT2D eigenvalue weighted by atomic mass is 19.4. The summed E-state index contributed by atoms with van der Waals surface area (Å²) in [5, 5.41) is 14.7. The van der Waals surface area contributed by atoms with E-state index in [1.807, 2.05) is 0 Å². The molecular weight excluding hydrogens is 176 g/mol. The van der Waals surface area contributed by atoms with Crippen molar-refractivity contribution in [3.63, 3.8) is 0 Å². The molecule has 1 atom stereocenters. The van der Waals surface area contributed by atoms with Crippen LogP contribution in [0.15, 0.2) is 0 Å². The van der Waals surface area contributed by atoms with Crippen molar-refractivity contribution in [1.82, 2.24) is 5.34 Å². The number of carboxylic acid groups (broad SMARTS) is 2. The van der Waals surface area contributed by atoms with E-state index in [1.165, 1.54) is 0 Å². The van der Waals surface area contributed by atoms with Crippen LogP contribution in [0, 0.1) is 0 Å². The molecule has 0 radical (unpaired) electrons. The molecule has 0 aliphatic heterocycles. The van der Waals surface area contributed by atoms with Gasteiger partial charge in [-0.05, 0) is 6.42 Å². The number of hydrogen-bond donors (Lipinski definition) is 2. The molecule has 0 aromatic heterocycles. The first-order valence-electron chi connectivity index (χ1n) is 3.00. The minimum absolute atomic E-state index is 0.596. The van der Waals surface area contributed by atoms with Gasteiger partial charge < -0.3 is 10.2 Å². The van der Waals surface area contributed by atoms with E-state index in [4.69, 9.17) is 10.2 Å². The number of halogens is 2. The highest BCUT2D eigenvalue weighted by Gasteiger charge is 2.26. The monoisotopic (exact) mass is 183 g/mol. The van der Waals surface area contributed by atoms with Gasteiger partial charge in [0.05, 0.1) is 0 Å². The third-order valence-corrected chi connectivity index (χ3v) is 1.15. The maximum Gasteiger partial charge on any atom is 0.326 e. The van der Waals surface area contributed by atoms with E-state index in [2.05, 4.69) is 0 Å². The summed E-state index contributed by atoms with van der Waals surface area (Å²) in [4.78, 5) is 19.9. The van der Waals surface area contributed by atoms with E-state index < -0.39 is 36.2 Å². The molecule has 70 valence electrons. The molecule has 0 saturated heterocycles. The van der Waals surface area contributed by atoms with Gasteiger partial charge >= 0.3 is 11.9 Å². The maximum atomic E-state index is 11.7. The Morgan fingerprint density at radius 1 is 1.33 bits per heavy atom. The summed E-state index contributed by atoms with van der Waals surface area (Å²) in [5.41, 5.74) is 0. The van der Waals surface area contributed by atoms with Crippen molar-refractivity contribution in [2.75, 3.05) is 0 Å². The smallest absolute Gasteiger partial charge is 0.326 e. The lowest BCUT2D eigenvalue weighted by atomic mass is 10.2. The fourth-order valence-electron chi connectivity index (χ4n) is 0.565. The molecular formula is C5H7F2NO4. The van der Waals surface area contributed by atoms with Crippen molar-refractivity contribution < 1.29 is 28.8 Å². The van der Waals surface area contributed by atoms with E-state index in [-0.39, 0.29) is 0 Å². The summed E-state index contributed by atoms with van der Waals surface area (Å²) in [6.45, 7) is 0. The number of nitrogens with zero attached hydrogens (tertiary/aromatic N) is 1. The van der Waals surface area contributed by atoms with Gasteiger partial charge in [-0.2, -0.15) is 0 Å². The third kappa shape index (κ3) is 3.81. The maximum absolute atomic E-state index is 11.7. The molecule has 0 spiro atoms. The highest BCUT2D eigenvalue weighted by molar-refractivity contribution is 5.74. The van der Waals surface area contributed by atoms with Gasteiger partial charge in [0.1, 0.15) is 0 Å². The Balaban J connectivity index is 3.97. The Labute approximate surface area is 66.1 Å². The molecule has 0 heterocycles. The average Bonchev–Trinajstić information content (AvgIpc) is 1.84. The number of carbonyl (C=O) groups is 2. The van der Waals surface area contributed by atoms with Crippen LogP contribution in [0.5, 0.6) is 0 Å². The molecule has 0 aromatic rings. The molecule has 5 nitrogen and oxygen atoms in total. The second-order valence-corrected chi connectivity index (χ2v) is 2.05. The summed E-state index contributed by atoms with van der Waals surface area (Å²) in [7, 11) is 0. The Bertz CT molecular complexity index is 184. The highest BCUT2D eigenvalue weighted by Crippen LogP contribution is 2.08. The van der Waals surface area contributed by atoms with Gasteiger partial charge in [-0.25, -0.2) is 0 Å². The van der Waals surface area contributed by atoms with Gasteiger partial charge in [0.15, 0.2) is 6.04 Å². The van der Waals surface area contributed by atoms with Gasteiger partial charge in [0.25, 0.3) is 0 Å². The van der Waals surface area contributed by atoms with Crippen LogP contribution in [0.3, 0.4) is 0 Å². The first-order valence-corrected chi connectivity index (χ1v) is 3.00. The van der Waals surface area contributed by atoms with E-state index in [0.717, 1.165) is 0 Å². The summed E-state index contributed by atoms with van der Waals surface area (Å²) >= 11 is 0. The summed E-state index contributed by atoms with van der Waals surface area (Å²) < 4.78 is 23.3. The zero-order valence-corrected chi connectivity index (χ0v) is 5.91. The minimum Gasteiger partial charge on any atom is -0.481 e. The van der Waals surface area contributed by atoms with Crippen molar-refractivity contribution >= 4 is 11.9 Å². The quantitative estimate of drug-likeness (QED) is 0.602. The SMILES string of the molecule is O=C(O)CCC(C(=O)O)N(F)F. The normalized spacial score (nSPS) is 12.9. The van der Waals surface area contributed by atoms with Crippen LogP contribution in [0.4, 0.5) is 8.96 Å². The van der Waals surface area contributed by atoms with Crippen LogP contribution >= 0.6 is 0 Å². The van der Waals surface area contributed by atoms with Gasteiger partial charge in [-0.1, -0.05) is 0 Å². The molecule has 7 heteroatoms. The lowest BCUT2D eigenvalue weighted by molar-refractivity contribution is -0.202. The summed E-state index contributed by atoms with van der Waals surface area (Å²) in [6, 6.07) is -2.04. The lowest BCUT2D eigenvalue weighted by Crippen LogP contribution is -2.31. The average molecular weight is 183 g/mol. The Morgan fingerprint density at radius 3 is 2.08 bits per heavy atom. The van der Waals surface area contributed by atoms with Gasteiger partial charge in [-0.15, -0.1) is 8.96 Å². The van der Waals surface area contributed by atoms with Crippen molar-refractivity contribution in [3.05, 3.63) is 0 Å². The second kappa shape index (κ2) is 4.60. The zero-order valence-electron chi connectivity index (χ0n) is 5.91. The van der Waals surface area contributed by atoms with Crippen molar-refractivity contribution in [3.8, 4) is 0 Å². The number of rotatable bonds is 5. The zero-order chi connectivity index (χ0) is 9.72. The van der Waals surface area contributed by atoms with Crippen molar-refractivity contribution in [1.29, 1.82) is 0 Å². The molecule has 2 N–H and O–H groups in total. The molecule has 0 aliphatic carbocycles. The van der Waals surface area contributed by atoms with E-state index in [0.29, 0.717) is 0 Å². The number of aliphatic carboxylic acids is 2. The van der Waals surface area contributed by atoms with Crippen molar-refractivity contribution in [2.24, 2.45) is 0 Å². The Kier molecular flexibility index (Phi) is 4.12. The predicted octanol–water partition coefficient (Wildman–Crippen LogP) is 0.375. The molecule has 1 unspecified atom stereocenters. The fraction of sp³-hybridized carbons (Fsp3) is 0.600. The Hall–Kier alpha value is -1.24. The molecule has 0 rings (SSSR count). The summed E-state index contributed by atoms with van der Waals surface area (Å²) in [6.07, 6.45) is -1.21. The van der Waals surface area contributed by atoms with E-state index in [9.17, 15) is 18.6 Å². The van der Waals surface area contributed by atoms with Crippen molar-refractivity contribution in [2.45, 2.75) is 18.9 Å². The number of carboxylic acids is 2. The first kappa shape index (κ1) is 10.8. The molecule has 0 fully saturated rings.